The molecule has 0 saturated carbocycles. The van der Waals surface area contributed by atoms with E-state index in [0.717, 1.165) is 5.65 Å². The number of rotatable bonds is 4. The highest BCUT2D eigenvalue weighted by Gasteiger charge is 2.22. The number of fused-ring (bicyclic) bond motifs is 1. The van der Waals surface area contributed by atoms with Crippen LogP contribution in [0.15, 0.2) is 30.6 Å². The Morgan fingerprint density at radius 3 is 2.85 bits per heavy atom. The minimum absolute atomic E-state index is 0.135. The van der Waals surface area contributed by atoms with Crippen LogP contribution in [0.5, 0.6) is 0 Å². The minimum Gasteiger partial charge on any atom is -0.357 e. The molecule has 0 fully saturated rings. The number of imidazole rings is 1. The van der Waals surface area contributed by atoms with Crippen LogP contribution in [0.2, 0.25) is 0 Å². The monoisotopic (exact) mass is 274 g/mol. The van der Waals surface area contributed by atoms with Crippen LogP contribution in [0.4, 0.5) is 0 Å². The number of aromatic nitrogens is 2. The number of amides is 2. The number of hydrogen-bond donors (Lipinski definition) is 1. The molecule has 1 atom stereocenters. The molecule has 0 aliphatic heterocycles. The Hall–Kier alpha value is -2.37. The van der Waals surface area contributed by atoms with E-state index in [2.05, 4.69) is 10.3 Å². The highest BCUT2D eigenvalue weighted by atomic mass is 16.2. The third-order valence-electron chi connectivity index (χ3n) is 3.35. The zero-order valence-corrected chi connectivity index (χ0v) is 11.8. The van der Waals surface area contributed by atoms with E-state index in [4.69, 9.17) is 0 Å². The Bertz CT molecular complexity index is 602. The van der Waals surface area contributed by atoms with E-state index in [1.165, 1.54) is 4.90 Å². The van der Waals surface area contributed by atoms with Gasteiger partial charge in [-0.2, -0.15) is 0 Å². The molecule has 2 aromatic heterocycles. The molecular formula is C14H18N4O2. The number of likely N-dealkylation sites (N-methyl/N-ethyl adjacent to an activating group) is 2. The fourth-order valence-electron chi connectivity index (χ4n) is 1.95. The van der Waals surface area contributed by atoms with Gasteiger partial charge >= 0.3 is 0 Å². The number of carbonyl (C=O) groups is 2. The molecule has 20 heavy (non-hydrogen) atoms. The van der Waals surface area contributed by atoms with Crippen molar-refractivity contribution in [3.8, 4) is 0 Å². The van der Waals surface area contributed by atoms with Gasteiger partial charge in [0.05, 0.1) is 12.1 Å². The van der Waals surface area contributed by atoms with Gasteiger partial charge in [0.2, 0.25) is 11.8 Å². The summed E-state index contributed by atoms with van der Waals surface area (Å²) >= 11 is 0. The van der Waals surface area contributed by atoms with Gasteiger partial charge in [0.1, 0.15) is 11.7 Å². The maximum absolute atomic E-state index is 12.1. The summed E-state index contributed by atoms with van der Waals surface area (Å²) in [5, 5.41) is 2.53. The molecule has 0 radical (unpaired) electrons. The van der Waals surface area contributed by atoms with Crippen molar-refractivity contribution in [1.82, 2.24) is 19.6 Å². The minimum atomic E-state index is -0.496. The van der Waals surface area contributed by atoms with Gasteiger partial charge in [-0.05, 0) is 19.1 Å². The van der Waals surface area contributed by atoms with Crippen molar-refractivity contribution in [1.29, 1.82) is 0 Å². The molecule has 0 aromatic carbocycles. The Kier molecular flexibility index (Phi) is 4.02. The molecule has 0 aliphatic carbocycles. The standard InChI is InChI=1S/C14H18N4O2/c1-10(14(20)15-2)17(3)13(19)8-11-9-18-7-5-4-6-12(18)16-11/h4-7,9-10H,8H2,1-3H3,(H,15,20)/t10-/m0/s1. The fraction of sp³-hybridized carbons (Fsp3) is 0.357. The summed E-state index contributed by atoms with van der Waals surface area (Å²) in [6.45, 7) is 1.69. The molecule has 0 aliphatic rings. The average molecular weight is 274 g/mol. The van der Waals surface area contributed by atoms with E-state index in [-0.39, 0.29) is 18.2 Å². The summed E-state index contributed by atoms with van der Waals surface area (Å²) in [5.74, 6) is -0.319. The van der Waals surface area contributed by atoms with Crippen LogP contribution in [-0.4, -0.2) is 46.2 Å². The van der Waals surface area contributed by atoms with Crippen molar-refractivity contribution in [2.45, 2.75) is 19.4 Å². The molecule has 1 N–H and O–H groups in total. The van der Waals surface area contributed by atoms with Crippen molar-refractivity contribution >= 4 is 17.5 Å². The zero-order valence-electron chi connectivity index (χ0n) is 11.8. The lowest BCUT2D eigenvalue weighted by molar-refractivity contribution is -0.137. The van der Waals surface area contributed by atoms with E-state index in [1.54, 1.807) is 21.0 Å². The third-order valence-corrected chi connectivity index (χ3v) is 3.35. The highest BCUT2D eigenvalue weighted by molar-refractivity contribution is 5.87. The van der Waals surface area contributed by atoms with E-state index in [9.17, 15) is 9.59 Å². The van der Waals surface area contributed by atoms with Crippen LogP contribution >= 0.6 is 0 Å². The van der Waals surface area contributed by atoms with Gasteiger partial charge in [-0.3, -0.25) is 9.59 Å². The second-order valence-corrected chi connectivity index (χ2v) is 4.67. The summed E-state index contributed by atoms with van der Waals surface area (Å²) in [7, 11) is 3.18. The second kappa shape index (κ2) is 5.73. The fourth-order valence-corrected chi connectivity index (χ4v) is 1.95. The maximum Gasteiger partial charge on any atom is 0.242 e. The smallest absolute Gasteiger partial charge is 0.242 e. The molecule has 6 nitrogen and oxygen atoms in total. The van der Waals surface area contributed by atoms with E-state index < -0.39 is 6.04 Å². The lowest BCUT2D eigenvalue weighted by atomic mass is 10.2. The molecule has 0 bridgehead atoms. The van der Waals surface area contributed by atoms with Crippen molar-refractivity contribution in [2.75, 3.05) is 14.1 Å². The van der Waals surface area contributed by atoms with Crippen LogP contribution in [0.1, 0.15) is 12.6 Å². The highest BCUT2D eigenvalue weighted by Crippen LogP contribution is 2.07. The van der Waals surface area contributed by atoms with Gasteiger partial charge in [0.15, 0.2) is 0 Å². The molecule has 106 valence electrons. The first-order valence-electron chi connectivity index (χ1n) is 6.42. The lowest BCUT2D eigenvalue weighted by Crippen LogP contribution is -2.45. The van der Waals surface area contributed by atoms with Crippen molar-refractivity contribution in [3.63, 3.8) is 0 Å². The van der Waals surface area contributed by atoms with Gasteiger partial charge in [-0.25, -0.2) is 4.98 Å². The van der Waals surface area contributed by atoms with Gasteiger partial charge in [0.25, 0.3) is 0 Å². The SMILES string of the molecule is CNC(=O)[C@H](C)N(C)C(=O)Cc1cn2ccccc2n1. The third kappa shape index (κ3) is 2.79. The molecular weight excluding hydrogens is 256 g/mol. The Balaban J connectivity index is 2.09. The summed E-state index contributed by atoms with van der Waals surface area (Å²) in [6, 6.07) is 5.18. The Morgan fingerprint density at radius 1 is 1.45 bits per heavy atom. The molecule has 2 aromatic rings. The molecule has 0 unspecified atom stereocenters. The van der Waals surface area contributed by atoms with Crippen molar-refractivity contribution in [2.24, 2.45) is 0 Å². The Morgan fingerprint density at radius 2 is 2.20 bits per heavy atom. The zero-order chi connectivity index (χ0) is 14.7. The predicted octanol–water partition coefficient (Wildman–Crippen LogP) is 0.470. The first kappa shape index (κ1) is 14.0. The van der Waals surface area contributed by atoms with Crippen LogP contribution in [0.25, 0.3) is 5.65 Å². The van der Waals surface area contributed by atoms with E-state index in [1.807, 2.05) is 35.0 Å². The van der Waals surface area contributed by atoms with Gasteiger partial charge in [0, 0.05) is 26.5 Å². The van der Waals surface area contributed by atoms with Gasteiger partial charge in [-0.1, -0.05) is 6.07 Å². The molecule has 0 saturated heterocycles. The van der Waals surface area contributed by atoms with Crippen LogP contribution in [0.3, 0.4) is 0 Å². The summed E-state index contributed by atoms with van der Waals surface area (Å²) < 4.78 is 1.87. The van der Waals surface area contributed by atoms with Gasteiger partial charge in [-0.15, -0.1) is 0 Å². The topological polar surface area (TPSA) is 66.7 Å². The molecule has 2 rings (SSSR count). The quantitative estimate of drug-likeness (QED) is 0.881. The first-order valence-corrected chi connectivity index (χ1v) is 6.42. The molecule has 6 heteroatoms. The number of pyridine rings is 1. The predicted molar refractivity (Wildman–Crippen MR) is 75.2 cm³/mol. The lowest BCUT2D eigenvalue weighted by Gasteiger charge is -2.23. The number of carbonyl (C=O) groups excluding carboxylic acids is 2. The van der Waals surface area contributed by atoms with Crippen LogP contribution in [0, 0.1) is 0 Å². The normalized spacial score (nSPS) is 12.2. The first-order chi connectivity index (χ1) is 9.52. The van der Waals surface area contributed by atoms with Crippen LogP contribution < -0.4 is 5.32 Å². The largest absolute Gasteiger partial charge is 0.357 e. The van der Waals surface area contributed by atoms with Crippen LogP contribution in [-0.2, 0) is 16.0 Å². The van der Waals surface area contributed by atoms with Gasteiger partial charge < -0.3 is 14.6 Å². The Labute approximate surface area is 117 Å². The van der Waals surface area contributed by atoms with Crippen molar-refractivity contribution < 1.29 is 9.59 Å². The number of nitrogens with zero attached hydrogens (tertiary/aromatic N) is 3. The summed E-state index contributed by atoms with van der Waals surface area (Å²) in [6.07, 6.45) is 3.89. The average Bonchev–Trinajstić information content (AvgIpc) is 2.86. The molecule has 0 spiro atoms. The number of nitrogens with one attached hydrogen (secondary N) is 1. The van der Waals surface area contributed by atoms with Crippen molar-refractivity contribution in [3.05, 3.63) is 36.3 Å². The molecule has 2 amide bonds. The second-order valence-electron chi connectivity index (χ2n) is 4.67. The number of hydrogen-bond acceptors (Lipinski definition) is 3. The summed E-state index contributed by atoms with van der Waals surface area (Å²) in [5.41, 5.74) is 1.49. The molecule has 2 heterocycles. The maximum atomic E-state index is 12.1. The summed E-state index contributed by atoms with van der Waals surface area (Å²) in [4.78, 5) is 29.5. The van der Waals surface area contributed by atoms with E-state index in [0.29, 0.717) is 5.69 Å². The van der Waals surface area contributed by atoms with E-state index >= 15 is 0 Å².